The van der Waals surface area contributed by atoms with E-state index >= 15 is 0 Å². The number of hydrogen-bond donors (Lipinski definition) is 0. The number of carbonyl (C=O) groups excluding carboxylic acids is 4. The molecule has 9 heteroatoms. The van der Waals surface area contributed by atoms with Crippen molar-refractivity contribution < 1.29 is 38.1 Å². The van der Waals surface area contributed by atoms with Gasteiger partial charge in [0.2, 0.25) is 0 Å². The van der Waals surface area contributed by atoms with Crippen molar-refractivity contribution in [1.29, 1.82) is 0 Å². The van der Waals surface area contributed by atoms with E-state index in [4.69, 9.17) is 18.9 Å². The fourth-order valence-electron chi connectivity index (χ4n) is 3.16. The van der Waals surface area contributed by atoms with Crippen molar-refractivity contribution in [3.05, 3.63) is 128 Å². The van der Waals surface area contributed by atoms with E-state index in [1.807, 2.05) is 54.6 Å². The molecule has 0 radical (unpaired) electrons. The first-order valence-electron chi connectivity index (χ1n) is 12.1. The number of carbonyl (C=O) groups is 4. The van der Waals surface area contributed by atoms with Gasteiger partial charge in [0.1, 0.15) is 24.7 Å². The van der Waals surface area contributed by atoms with Crippen molar-refractivity contribution >= 4 is 34.8 Å². The molecule has 0 saturated carbocycles. The van der Waals surface area contributed by atoms with E-state index in [0.29, 0.717) is 11.5 Å². The molecule has 0 atom stereocenters. The second-order valence-electron chi connectivity index (χ2n) is 8.17. The van der Waals surface area contributed by atoms with Gasteiger partial charge in [0.05, 0.1) is 22.0 Å². The Morgan fingerprint density at radius 3 is 1.32 bits per heavy atom. The molecule has 208 valence electrons. The first-order chi connectivity index (χ1) is 19.7. The minimum atomic E-state index is -0.719. The van der Waals surface area contributed by atoms with E-state index in [-0.39, 0.29) is 24.4 Å². The number of hydrogen-bond acceptors (Lipinski definition) is 8. The van der Waals surface area contributed by atoms with Crippen LogP contribution in [0.2, 0.25) is 0 Å². The van der Waals surface area contributed by atoms with Gasteiger partial charge in [-0.3, -0.25) is 0 Å². The molecular formula is C32H27O8S+. The predicted molar refractivity (Wildman–Crippen MR) is 153 cm³/mol. The Morgan fingerprint density at radius 2 is 0.951 bits per heavy atom. The van der Waals surface area contributed by atoms with Crippen molar-refractivity contribution in [2.24, 2.45) is 0 Å². The lowest BCUT2D eigenvalue weighted by Gasteiger charge is -2.11. The third-order valence-electron chi connectivity index (χ3n) is 5.21. The van der Waals surface area contributed by atoms with E-state index in [0.717, 1.165) is 26.8 Å². The van der Waals surface area contributed by atoms with E-state index in [1.54, 1.807) is 24.3 Å². The standard InChI is InChI=1S/C32H27O8S/c1-5-29(33)37-20-22(3)31(35)39-24-12-16-27(17-13-24)41(26-10-8-7-9-11-26)28-18-14-25(15-19-28)40-32(36)23(4)21-38-30(34)6-2/h5-19H,1-4,20-21H2/q+1. The van der Waals surface area contributed by atoms with Gasteiger partial charge in [0.15, 0.2) is 14.7 Å². The molecule has 0 N–H and O–H groups in total. The normalized spacial score (nSPS) is 10.2. The van der Waals surface area contributed by atoms with Crippen LogP contribution in [0.4, 0.5) is 0 Å². The lowest BCUT2D eigenvalue weighted by molar-refractivity contribution is -0.139. The highest BCUT2D eigenvalue weighted by Crippen LogP contribution is 2.33. The summed E-state index contributed by atoms with van der Waals surface area (Å²) in [7, 11) is -0.543. The zero-order valence-electron chi connectivity index (χ0n) is 22.1. The predicted octanol–water partition coefficient (Wildman–Crippen LogP) is 5.16. The van der Waals surface area contributed by atoms with Crippen molar-refractivity contribution in [3.8, 4) is 11.5 Å². The van der Waals surface area contributed by atoms with Crippen LogP contribution in [-0.4, -0.2) is 37.1 Å². The summed E-state index contributed by atoms with van der Waals surface area (Å²) >= 11 is 0. The monoisotopic (exact) mass is 571 g/mol. The van der Waals surface area contributed by atoms with Gasteiger partial charge >= 0.3 is 23.9 Å². The Morgan fingerprint density at radius 1 is 0.585 bits per heavy atom. The summed E-state index contributed by atoms with van der Waals surface area (Å²) in [5.74, 6) is -2.17. The van der Waals surface area contributed by atoms with Crippen LogP contribution in [0.1, 0.15) is 0 Å². The summed E-state index contributed by atoms with van der Waals surface area (Å²) in [5.41, 5.74) is -0.0362. The van der Waals surface area contributed by atoms with Crippen LogP contribution in [0.5, 0.6) is 11.5 Å². The molecule has 0 aliphatic carbocycles. The molecule has 0 fully saturated rings. The van der Waals surface area contributed by atoms with Crippen LogP contribution in [0.3, 0.4) is 0 Å². The Balaban J connectivity index is 1.74. The summed E-state index contributed by atoms with van der Waals surface area (Å²) in [4.78, 5) is 49.9. The minimum Gasteiger partial charge on any atom is -0.457 e. The maximum Gasteiger partial charge on any atom is 0.342 e. The molecule has 0 heterocycles. The van der Waals surface area contributed by atoms with Crippen molar-refractivity contribution in [2.75, 3.05) is 13.2 Å². The van der Waals surface area contributed by atoms with E-state index < -0.39 is 34.8 Å². The SMILES string of the molecule is C=CC(=O)OCC(=C)C(=O)Oc1ccc([S+](c2ccccc2)c2ccc(OC(=O)C(=C)COC(=O)C=C)cc2)cc1. The molecule has 3 rings (SSSR count). The molecular weight excluding hydrogens is 544 g/mol. The van der Waals surface area contributed by atoms with Gasteiger partial charge in [-0.05, 0) is 60.7 Å². The average Bonchev–Trinajstić information content (AvgIpc) is 3.00. The lowest BCUT2D eigenvalue weighted by atomic mass is 10.3. The zero-order valence-corrected chi connectivity index (χ0v) is 22.9. The maximum atomic E-state index is 12.3. The van der Waals surface area contributed by atoms with Crippen LogP contribution in [0.25, 0.3) is 0 Å². The van der Waals surface area contributed by atoms with Gasteiger partial charge in [0.25, 0.3) is 0 Å². The molecule has 3 aromatic rings. The maximum absolute atomic E-state index is 12.3. The highest BCUT2D eigenvalue weighted by Gasteiger charge is 2.29. The van der Waals surface area contributed by atoms with Crippen molar-refractivity contribution in [3.63, 3.8) is 0 Å². The van der Waals surface area contributed by atoms with Crippen LogP contribution in [0.15, 0.2) is 143 Å². The molecule has 41 heavy (non-hydrogen) atoms. The number of esters is 4. The van der Waals surface area contributed by atoms with Crippen molar-refractivity contribution in [2.45, 2.75) is 14.7 Å². The third-order valence-corrected chi connectivity index (χ3v) is 7.44. The van der Waals surface area contributed by atoms with Gasteiger partial charge in [-0.15, -0.1) is 0 Å². The van der Waals surface area contributed by atoms with E-state index in [9.17, 15) is 19.2 Å². The molecule has 0 bridgehead atoms. The van der Waals surface area contributed by atoms with Gasteiger partial charge in [-0.1, -0.05) is 44.5 Å². The largest absolute Gasteiger partial charge is 0.457 e. The molecule has 0 amide bonds. The molecule has 3 aromatic carbocycles. The summed E-state index contributed by atoms with van der Waals surface area (Å²) in [6.45, 7) is 13.2. The van der Waals surface area contributed by atoms with Crippen LogP contribution in [-0.2, 0) is 39.5 Å². The molecule has 8 nitrogen and oxygen atoms in total. The van der Waals surface area contributed by atoms with Gasteiger partial charge in [0, 0.05) is 12.2 Å². The number of rotatable bonds is 13. The van der Waals surface area contributed by atoms with Crippen LogP contribution >= 0.6 is 0 Å². The first-order valence-corrected chi connectivity index (χ1v) is 13.3. The zero-order chi connectivity index (χ0) is 29.8. The average molecular weight is 572 g/mol. The summed E-state index contributed by atoms with van der Waals surface area (Å²) in [6, 6.07) is 23.9. The fraction of sp³-hybridized carbons (Fsp3) is 0.0625. The number of benzene rings is 3. The van der Waals surface area contributed by atoms with Gasteiger partial charge in [-0.2, -0.15) is 0 Å². The Bertz CT molecular complexity index is 1360. The molecule has 0 aliphatic heterocycles. The molecule has 0 saturated heterocycles. The smallest absolute Gasteiger partial charge is 0.342 e. The Labute approximate surface area is 240 Å². The Kier molecular flexibility index (Phi) is 11.0. The highest BCUT2D eigenvalue weighted by atomic mass is 32.2. The lowest BCUT2D eigenvalue weighted by Crippen LogP contribution is -2.16. The van der Waals surface area contributed by atoms with Crippen LogP contribution < -0.4 is 9.47 Å². The van der Waals surface area contributed by atoms with Gasteiger partial charge in [-0.25, -0.2) is 19.2 Å². The quantitative estimate of drug-likeness (QED) is 0.120. The molecule has 0 aliphatic rings. The second-order valence-corrected chi connectivity index (χ2v) is 10.2. The fourth-order valence-corrected chi connectivity index (χ4v) is 5.23. The molecule has 0 aromatic heterocycles. The minimum absolute atomic E-state index is 0.0181. The summed E-state index contributed by atoms with van der Waals surface area (Å²) in [6.07, 6.45) is 1.98. The Hall–Kier alpha value is -5.15. The van der Waals surface area contributed by atoms with Crippen LogP contribution in [0, 0.1) is 0 Å². The van der Waals surface area contributed by atoms with Gasteiger partial charge < -0.3 is 18.9 Å². The third kappa shape index (κ3) is 8.94. The molecule has 0 unspecified atom stereocenters. The van der Waals surface area contributed by atoms with E-state index in [2.05, 4.69) is 26.3 Å². The second kappa shape index (κ2) is 14.9. The highest BCUT2D eigenvalue weighted by molar-refractivity contribution is 7.97. The topological polar surface area (TPSA) is 105 Å². The summed E-state index contributed by atoms with van der Waals surface area (Å²) in [5, 5.41) is 0. The number of ether oxygens (including phenoxy) is 4. The van der Waals surface area contributed by atoms with Crippen molar-refractivity contribution in [1.82, 2.24) is 0 Å². The van der Waals surface area contributed by atoms with E-state index in [1.165, 1.54) is 0 Å². The first kappa shape index (κ1) is 30.4. The molecule has 0 spiro atoms. The summed E-state index contributed by atoms with van der Waals surface area (Å²) < 4.78 is 20.3.